The first kappa shape index (κ1) is 14.3. The summed E-state index contributed by atoms with van der Waals surface area (Å²) in [6.45, 7) is 9.62. The predicted octanol–water partition coefficient (Wildman–Crippen LogP) is 3.42. The van der Waals surface area contributed by atoms with Gasteiger partial charge in [0.25, 0.3) is 0 Å². The van der Waals surface area contributed by atoms with Crippen LogP contribution in [0.3, 0.4) is 0 Å². The van der Waals surface area contributed by atoms with Crippen LogP contribution in [0.2, 0.25) is 0 Å². The van der Waals surface area contributed by atoms with Crippen LogP contribution < -0.4 is 5.32 Å². The molecule has 0 amide bonds. The van der Waals surface area contributed by atoms with Crippen molar-refractivity contribution in [1.29, 1.82) is 0 Å². The number of rotatable bonds is 5. The maximum atomic E-state index is 3.71. The lowest BCUT2D eigenvalue weighted by molar-refractivity contribution is 0.127. The highest BCUT2D eigenvalue weighted by atomic mass is 15.2. The van der Waals surface area contributed by atoms with E-state index in [1.165, 1.54) is 58.0 Å². The van der Waals surface area contributed by atoms with E-state index in [1.54, 1.807) is 0 Å². The second-order valence-corrected chi connectivity index (χ2v) is 6.68. The van der Waals surface area contributed by atoms with Gasteiger partial charge in [-0.3, -0.25) is 4.90 Å². The van der Waals surface area contributed by atoms with Crippen LogP contribution in [-0.2, 0) is 0 Å². The van der Waals surface area contributed by atoms with Gasteiger partial charge in [-0.2, -0.15) is 0 Å². The largest absolute Gasteiger partial charge is 0.313 e. The molecule has 1 aliphatic carbocycles. The third-order valence-corrected chi connectivity index (χ3v) is 5.07. The van der Waals surface area contributed by atoms with Crippen molar-refractivity contribution < 1.29 is 0 Å². The summed E-state index contributed by atoms with van der Waals surface area (Å²) in [4.78, 5) is 2.79. The zero-order chi connectivity index (χ0) is 13.0. The molecule has 0 spiro atoms. The van der Waals surface area contributed by atoms with Gasteiger partial charge in [-0.05, 0) is 58.4 Å². The molecule has 2 heteroatoms. The summed E-state index contributed by atoms with van der Waals surface area (Å²) < 4.78 is 0. The van der Waals surface area contributed by atoms with Gasteiger partial charge >= 0.3 is 0 Å². The van der Waals surface area contributed by atoms with Gasteiger partial charge in [0, 0.05) is 24.7 Å². The summed E-state index contributed by atoms with van der Waals surface area (Å²) in [7, 11) is 0. The lowest BCUT2D eigenvalue weighted by Gasteiger charge is -2.37. The first-order chi connectivity index (χ1) is 8.70. The molecular weight excluding hydrogens is 220 g/mol. The highest BCUT2D eigenvalue weighted by molar-refractivity contribution is 4.87. The minimum absolute atomic E-state index is 0.703. The Morgan fingerprint density at radius 1 is 1.17 bits per heavy atom. The smallest absolute Gasteiger partial charge is 0.0195 e. The Labute approximate surface area is 114 Å². The zero-order valence-corrected chi connectivity index (χ0v) is 12.6. The van der Waals surface area contributed by atoms with E-state index in [0.29, 0.717) is 6.04 Å². The molecule has 3 atom stereocenters. The molecule has 0 aromatic heterocycles. The van der Waals surface area contributed by atoms with Crippen LogP contribution in [0.5, 0.6) is 0 Å². The lowest BCUT2D eigenvalue weighted by atomic mass is 10.0. The van der Waals surface area contributed by atoms with Gasteiger partial charge in [0.15, 0.2) is 0 Å². The van der Waals surface area contributed by atoms with Crippen LogP contribution >= 0.6 is 0 Å². The molecule has 1 saturated carbocycles. The van der Waals surface area contributed by atoms with Crippen molar-refractivity contribution in [3.05, 3.63) is 0 Å². The molecular formula is C16H32N2. The Hall–Kier alpha value is -0.0800. The van der Waals surface area contributed by atoms with Gasteiger partial charge in [-0.25, -0.2) is 0 Å². The fraction of sp³-hybridized carbons (Fsp3) is 1.00. The van der Waals surface area contributed by atoms with Crippen molar-refractivity contribution in [3.8, 4) is 0 Å². The minimum Gasteiger partial charge on any atom is -0.313 e. The highest BCUT2D eigenvalue weighted by Crippen LogP contribution is 2.32. The van der Waals surface area contributed by atoms with Crippen molar-refractivity contribution in [3.63, 3.8) is 0 Å². The molecule has 2 nitrogen and oxygen atoms in total. The molecule has 0 radical (unpaired) electrons. The molecule has 2 aliphatic rings. The monoisotopic (exact) mass is 252 g/mol. The van der Waals surface area contributed by atoms with E-state index in [0.717, 1.165) is 18.0 Å². The third kappa shape index (κ3) is 3.71. The van der Waals surface area contributed by atoms with Crippen LogP contribution in [-0.4, -0.2) is 36.1 Å². The maximum Gasteiger partial charge on any atom is 0.0195 e. The second kappa shape index (κ2) is 6.91. The zero-order valence-electron chi connectivity index (χ0n) is 12.6. The van der Waals surface area contributed by atoms with Gasteiger partial charge in [0.05, 0.1) is 0 Å². The number of hydrogen-bond donors (Lipinski definition) is 1. The average Bonchev–Trinajstić information content (AvgIpc) is 2.85. The summed E-state index contributed by atoms with van der Waals surface area (Å²) in [6.07, 6.45) is 9.90. The van der Waals surface area contributed by atoms with Gasteiger partial charge in [0.1, 0.15) is 0 Å². The quantitative estimate of drug-likeness (QED) is 0.806. The summed E-state index contributed by atoms with van der Waals surface area (Å²) in [5.41, 5.74) is 0. The van der Waals surface area contributed by atoms with Crippen molar-refractivity contribution in [2.45, 2.75) is 83.8 Å². The molecule has 1 N–H and O–H groups in total. The number of nitrogens with one attached hydrogen (secondary N) is 1. The van der Waals surface area contributed by atoms with Gasteiger partial charge in [-0.15, -0.1) is 0 Å². The Morgan fingerprint density at radius 3 is 2.56 bits per heavy atom. The molecule has 1 heterocycles. The molecule has 0 aromatic carbocycles. The molecule has 0 bridgehead atoms. The first-order valence-electron chi connectivity index (χ1n) is 8.19. The fourth-order valence-corrected chi connectivity index (χ4v) is 3.84. The van der Waals surface area contributed by atoms with E-state index >= 15 is 0 Å². The van der Waals surface area contributed by atoms with Gasteiger partial charge in [0.2, 0.25) is 0 Å². The van der Waals surface area contributed by atoms with Crippen molar-refractivity contribution in [1.82, 2.24) is 10.2 Å². The Morgan fingerprint density at radius 2 is 2.00 bits per heavy atom. The highest BCUT2D eigenvalue weighted by Gasteiger charge is 2.31. The maximum absolute atomic E-state index is 3.71. The van der Waals surface area contributed by atoms with Crippen LogP contribution in [0.25, 0.3) is 0 Å². The predicted molar refractivity (Wildman–Crippen MR) is 78.9 cm³/mol. The summed E-state index contributed by atoms with van der Waals surface area (Å²) in [6, 6.07) is 2.31. The van der Waals surface area contributed by atoms with Crippen molar-refractivity contribution in [2.75, 3.05) is 13.1 Å². The van der Waals surface area contributed by atoms with E-state index in [9.17, 15) is 0 Å². The van der Waals surface area contributed by atoms with Crippen LogP contribution in [0, 0.1) is 5.92 Å². The summed E-state index contributed by atoms with van der Waals surface area (Å²) in [5, 5.41) is 3.71. The molecule has 0 aromatic rings. The molecule has 2 rings (SSSR count). The first-order valence-corrected chi connectivity index (χ1v) is 8.19. The standard InChI is InChI=1S/C16H32N2/c1-4-14-8-9-16(11-14)18(13(2)3)12-15-7-5-6-10-17-15/h13-17H,4-12H2,1-3H3. The second-order valence-electron chi connectivity index (χ2n) is 6.68. The van der Waals surface area contributed by atoms with Crippen LogP contribution in [0.4, 0.5) is 0 Å². The summed E-state index contributed by atoms with van der Waals surface area (Å²) >= 11 is 0. The number of nitrogens with zero attached hydrogens (tertiary/aromatic N) is 1. The van der Waals surface area contributed by atoms with E-state index < -0.39 is 0 Å². The van der Waals surface area contributed by atoms with E-state index in [4.69, 9.17) is 0 Å². The normalized spacial score (nSPS) is 33.5. The Kier molecular flexibility index (Phi) is 5.50. The Balaban J connectivity index is 1.87. The topological polar surface area (TPSA) is 15.3 Å². The molecule has 1 aliphatic heterocycles. The summed E-state index contributed by atoms with van der Waals surface area (Å²) in [5.74, 6) is 0.996. The molecule has 2 fully saturated rings. The fourth-order valence-electron chi connectivity index (χ4n) is 3.84. The molecule has 1 saturated heterocycles. The van der Waals surface area contributed by atoms with Gasteiger partial charge in [-0.1, -0.05) is 19.8 Å². The van der Waals surface area contributed by atoms with Crippen molar-refractivity contribution >= 4 is 0 Å². The van der Waals surface area contributed by atoms with Crippen LogP contribution in [0.15, 0.2) is 0 Å². The van der Waals surface area contributed by atoms with E-state index in [1.807, 2.05) is 0 Å². The number of hydrogen-bond acceptors (Lipinski definition) is 2. The van der Waals surface area contributed by atoms with E-state index in [2.05, 4.69) is 31.0 Å². The third-order valence-electron chi connectivity index (χ3n) is 5.07. The van der Waals surface area contributed by atoms with Crippen LogP contribution in [0.1, 0.15) is 65.7 Å². The molecule has 3 unspecified atom stereocenters. The number of piperidine rings is 1. The van der Waals surface area contributed by atoms with Crippen molar-refractivity contribution in [2.24, 2.45) is 5.92 Å². The Bertz CT molecular complexity index is 233. The van der Waals surface area contributed by atoms with Gasteiger partial charge < -0.3 is 5.32 Å². The lowest BCUT2D eigenvalue weighted by Crippen LogP contribution is -2.49. The molecule has 106 valence electrons. The average molecular weight is 252 g/mol. The minimum atomic E-state index is 0.703. The molecule has 18 heavy (non-hydrogen) atoms. The SMILES string of the molecule is CCC1CCC(N(CC2CCCCN2)C(C)C)C1. The van der Waals surface area contributed by atoms with E-state index in [-0.39, 0.29) is 0 Å².